The Morgan fingerprint density at radius 2 is 1.57 bits per heavy atom. The molecule has 0 amide bonds. The first-order chi connectivity index (χ1) is 14.6. The minimum absolute atomic E-state index is 0.0207. The molecule has 3 aromatic rings. The van der Waals surface area contributed by atoms with E-state index in [9.17, 15) is 4.79 Å². The third kappa shape index (κ3) is 3.79. The van der Waals surface area contributed by atoms with Gasteiger partial charge in [0.2, 0.25) is 5.75 Å². The number of para-hydroxylation sites is 1. The van der Waals surface area contributed by atoms with E-state index in [4.69, 9.17) is 19.2 Å². The van der Waals surface area contributed by atoms with Crippen LogP contribution in [0.25, 0.3) is 0 Å². The Labute approximate surface area is 175 Å². The molecule has 0 spiro atoms. The molecule has 5 heteroatoms. The van der Waals surface area contributed by atoms with Gasteiger partial charge in [-0.25, -0.2) is 0 Å². The maximum absolute atomic E-state index is 12.9. The van der Waals surface area contributed by atoms with Crippen molar-refractivity contribution in [3.8, 4) is 17.2 Å². The molecule has 0 aromatic heterocycles. The van der Waals surface area contributed by atoms with Gasteiger partial charge in [-0.15, -0.1) is 0 Å². The number of ether oxygens (including phenoxy) is 3. The van der Waals surface area contributed by atoms with Crippen LogP contribution in [0, 0.1) is 0 Å². The minimum Gasteiger partial charge on any atom is -0.493 e. The molecular weight excluding hydrogens is 378 g/mol. The fourth-order valence-corrected chi connectivity index (χ4v) is 3.65. The summed E-state index contributed by atoms with van der Waals surface area (Å²) < 4.78 is 16.0. The van der Waals surface area contributed by atoms with E-state index in [-0.39, 0.29) is 12.2 Å². The third-order valence-electron chi connectivity index (χ3n) is 5.24. The molecule has 0 bridgehead atoms. The van der Waals surface area contributed by atoms with Gasteiger partial charge in [0.15, 0.2) is 17.3 Å². The zero-order valence-corrected chi connectivity index (χ0v) is 17.3. The Morgan fingerprint density at radius 3 is 2.17 bits per heavy atom. The van der Waals surface area contributed by atoms with Gasteiger partial charge in [0.05, 0.1) is 32.7 Å². The van der Waals surface area contributed by atoms with Crippen molar-refractivity contribution in [3.63, 3.8) is 0 Å². The number of Topliss-reactive ketones (excluding diaryl/α,β-unsaturated/α-hetero) is 1. The molecule has 0 atom stereocenters. The van der Waals surface area contributed by atoms with E-state index >= 15 is 0 Å². The van der Waals surface area contributed by atoms with Crippen LogP contribution in [-0.2, 0) is 12.8 Å². The molecule has 3 aromatic carbocycles. The smallest absolute Gasteiger partial charge is 0.203 e. The van der Waals surface area contributed by atoms with Crippen LogP contribution >= 0.6 is 0 Å². The summed E-state index contributed by atoms with van der Waals surface area (Å²) in [7, 11) is 4.61. The van der Waals surface area contributed by atoms with Crippen molar-refractivity contribution in [2.75, 3.05) is 21.3 Å². The van der Waals surface area contributed by atoms with Gasteiger partial charge in [-0.1, -0.05) is 42.5 Å². The zero-order chi connectivity index (χ0) is 21.1. The summed E-state index contributed by atoms with van der Waals surface area (Å²) in [5, 5.41) is 0. The van der Waals surface area contributed by atoms with E-state index in [0.29, 0.717) is 22.8 Å². The fraction of sp³-hybridized carbons (Fsp3) is 0.200. The average Bonchev–Trinajstić information content (AvgIpc) is 3.22. The SMILES string of the molecule is COc1cc(C(=O)Cc2ccc(C3=Nc4ccccc4C3)cc2)cc(OC)c1OC. The summed E-state index contributed by atoms with van der Waals surface area (Å²) in [6, 6.07) is 19.6. The summed E-state index contributed by atoms with van der Waals surface area (Å²) in [5.74, 6) is 1.38. The van der Waals surface area contributed by atoms with E-state index in [1.54, 1.807) is 12.1 Å². The van der Waals surface area contributed by atoms with E-state index in [0.717, 1.165) is 28.9 Å². The van der Waals surface area contributed by atoms with Crippen LogP contribution in [-0.4, -0.2) is 32.8 Å². The summed E-state index contributed by atoms with van der Waals surface area (Å²) in [5.41, 5.74) is 5.87. The fourth-order valence-electron chi connectivity index (χ4n) is 3.65. The normalized spacial score (nSPS) is 12.2. The Kier molecular flexibility index (Phi) is 5.53. The molecule has 0 saturated carbocycles. The Hall–Kier alpha value is -3.60. The van der Waals surface area contributed by atoms with Crippen LogP contribution in [0.5, 0.6) is 17.2 Å². The van der Waals surface area contributed by atoms with Crippen LogP contribution in [0.4, 0.5) is 5.69 Å². The molecule has 1 aliphatic heterocycles. The summed E-state index contributed by atoms with van der Waals surface area (Å²) in [6.07, 6.45) is 1.12. The van der Waals surface area contributed by atoms with Crippen molar-refractivity contribution >= 4 is 17.2 Å². The molecule has 5 nitrogen and oxygen atoms in total. The van der Waals surface area contributed by atoms with E-state index < -0.39 is 0 Å². The summed E-state index contributed by atoms with van der Waals surface area (Å²) in [6.45, 7) is 0. The Morgan fingerprint density at radius 1 is 0.900 bits per heavy atom. The van der Waals surface area contributed by atoms with Gasteiger partial charge in [0.1, 0.15) is 0 Å². The number of rotatable bonds is 7. The van der Waals surface area contributed by atoms with Gasteiger partial charge in [0, 0.05) is 18.4 Å². The lowest BCUT2D eigenvalue weighted by Crippen LogP contribution is -2.06. The molecule has 30 heavy (non-hydrogen) atoms. The second-order valence-corrected chi connectivity index (χ2v) is 7.07. The van der Waals surface area contributed by atoms with Gasteiger partial charge in [0.25, 0.3) is 0 Å². The molecule has 0 aliphatic carbocycles. The number of ketones is 1. The number of nitrogens with zero attached hydrogens (tertiary/aromatic N) is 1. The molecule has 0 N–H and O–H groups in total. The highest BCUT2D eigenvalue weighted by Crippen LogP contribution is 2.38. The van der Waals surface area contributed by atoms with Crippen LogP contribution in [0.3, 0.4) is 0 Å². The Balaban J connectivity index is 1.51. The van der Waals surface area contributed by atoms with Crippen LogP contribution < -0.4 is 14.2 Å². The molecule has 152 valence electrons. The summed E-state index contributed by atoms with van der Waals surface area (Å²) >= 11 is 0. The molecule has 0 radical (unpaired) electrons. The molecule has 0 saturated heterocycles. The number of aliphatic imine (C=N–C) groups is 1. The van der Waals surface area contributed by atoms with Gasteiger partial charge in [-0.2, -0.15) is 0 Å². The molecular formula is C25H23NO4. The monoisotopic (exact) mass is 401 g/mol. The lowest BCUT2D eigenvalue weighted by molar-refractivity contribution is 0.0992. The number of methoxy groups -OCH3 is 3. The topological polar surface area (TPSA) is 57.1 Å². The largest absolute Gasteiger partial charge is 0.493 e. The van der Waals surface area contributed by atoms with Gasteiger partial charge < -0.3 is 14.2 Å². The quantitative estimate of drug-likeness (QED) is 0.533. The number of carbonyl (C=O) groups excluding carboxylic acids is 1. The first-order valence-electron chi connectivity index (χ1n) is 9.71. The van der Waals surface area contributed by atoms with E-state index in [1.807, 2.05) is 42.5 Å². The molecule has 4 rings (SSSR count). The third-order valence-corrected chi connectivity index (χ3v) is 5.24. The molecule has 0 unspecified atom stereocenters. The lowest BCUT2D eigenvalue weighted by Gasteiger charge is -2.13. The Bertz CT molecular complexity index is 1090. The highest BCUT2D eigenvalue weighted by atomic mass is 16.5. The second-order valence-electron chi connectivity index (χ2n) is 7.07. The number of benzene rings is 3. The molecule has 0 fully saturated rings. The van der Waals surface area contributed by atoms with Crippen molar-refractivity contribution in [3.05, 3.63) is 82.9 Å². The van der Waals surface area contributed by atoms with Crippen molar-refractivity contribution in [2.24, 2.45) is 4.99 Å². The van der Waals surface area contributed by atoms with Crippen LogP contribution in [0.2, 0.25) is 0 Å². The number of hydrogen-bond donors (Lipinski definition) is 0. The van der Waals surface area contributed by atoms with Crippen LogP contribution in [0.15, 0.2) is 65.7 Å². The predicted molar refractivity (Wildman–Crippen MR) is 117 cm³/mol. The second kappa shape index (κ2) is 8.41. The minimum atomic E-state index is -0.0207. The van der Waals surface area contributed by atoms with Crippen molar-refractivity contribution < 1.29 is 19.0 Å². The first-order valence-corrected chi connectivity index (χ1v) is 9.71. The van der Waals surface area contributed by atoms with Gasteiger partial charge in [-0.05, 0) is 34.9 Å². The number of carbonyl (C=O) groups is 1. The van der Waals surface area contributed by atoms with Crippen molar-refractivity contribution in [2.45, 2.75) is 12.8 Å². The summed E-state index contributed by atoms with van der Waals surface area (Å²) in [4.78, 5) is 17.6. The van der Waals surface area contributed by atoms with Gasteiger partial charge in [-0.3, -0.25) is 9.79 Å². The molecule has 1 heterocycles. The van der Waals surface area contributed by atoms with Crippen LogP contribution in [0.1, 0.15) is 27.0 Å². The van der Waals surface area contributed by atoms with Crippen molar-refractivity contribution in [1.82, 2.24) is 0 Å². The average molecular weight is 401 g/mol. The van der Waals surface area contributed by atoms with Crippen molar-refractivity contribution in [1.29, 1.82) is 0 Å². The number of hydrogen-bond acceptors (Lipinski definition) is 5. The predicted octanol–water partition coefficient (Wildman–Crippen LogP) is 4.81. The van der Waals surface area contributed by atoms with E-state index in [1.165, 1.54) is 26.9 Å². The first kappa shape index (κ1) is 19.7. The van der Waals surface area contributed by atoms with Gasteiger partial charge >= 0.3 is 0 Å². The highest BCUT2D eigenvalue weighted by Gasteiger charge is 2.18. The molecule has 1 aliphatic rings. The highest BCUT2D eigenvalue weighted by molar-refractivity contribution is 6.06. The lowest BCUT2D eigenvalue weighted by atomic mass is 9.99. The number of fused-ring (bicyclic) bond motifs is 1. The van der Waals surface area contributed by atoms with E-state index in [2.05, 4.69) is 6.07 Å². The maximum atomic E-state index is 12.9. The standard InChI is InChI=1S/C25H23NO4/c1-28-23-14-19(15-24(29-2)25(23)30-3)22(27)12-16-8-10-17(11-9-16)21-13-18-6-4-5-7-20(18)26-21/h4-11,14-15H,12-13H2,1-3H3. The maximum Gasteiger partial charge on any atom is 0.203 e. The zero-order valence-electron chi connectivity index (χ0n) is 17.3.